The Kier molecular flexibility index (Phi) is 12.1. The predicted octanol–water partition coefficient (Wildman–Crippen LogP) is 8.84. The van der Waals surface area contributed by atoms with Crippen LogP contribution >= 0.6 is 0 Å². The minimum Gasteiger partial charge on any atom is -0.435 e. The molecule has 2 saturated carbocycles. The van der Waals surface area contributed by atoms with Crippen molar-refractivity contribution in [2.24, 2.45) is 23.7 Å². The molecule has 0 aromatic heterocycles. The zero-order chi connectivity index (χ0) is 24.1. The molecule has 0 aromatic carbocycles. The summed E-state index contributed by atoms with van der Waals surface area (Å²) in [6.45, 7) is 4.54. The van der Waals surface area contributed by atoms with Gasteiger partial charge in [0.05, 0.1) is 5.92 Å². The first-order chi connectivity index (χ1) is 16.7. The molecule has 2 aliphatic carbocycles. The second-order valence-electron chi connectivity index (χ2n) is 11.6. The number of carbonyl (C=O) groups is 1. The maximum atomic E-state index is 13.2. The molecule has 0 aromatic rings. The monoisotopic (exact) mass is 471 g/mol. The lowest BCUT2D eigenvalue weighted by Gasteiger charge is -2.39. The Balaban J connectivity index is 1.38. The number of dihydropyridines is 1. The fourth-order valence-corrected chi connectivity index (χ4v) is 6.66. The summed E-state index contributed by atoms with van der Waals surface area (Å²) in [7, 11) is 0. The van der Waals surface area contributed by atoms with Gasteiger partial charge in [-0.25, -0.2) is 0 Å². The Hall–Kier alpha value is -1.25. The smallest absolute Gasteiger partial charge is 0.311 e. The highest BCUT2D eigenvalue weighted by Gasteiger charge is 2.37. The largest absolute Gasteiger partial charge is 0.435 e. The van der Waals surface area contributed by atoms with E-state index in [1.165, 1.54) is 96.3 Å². The van der Waals surface area contributed by atoms with E-state index in [1.54, 1.807) is 0 Å². The Morgan fingerprint density at radius 2 is 1.41 bits per heavy atom. The average molecular weight is 472 g/mol. The van der Waals surface area contributed by atoms with E-state index in [-0.39, 0.29) is 11.9 Å². The minimum atomic E-state index is -0.635. The van der Waals surface area contributed by atoms with Gasteiger partial charge in [0.1, 0.15) is 0 Å². The number of ether oxygens (including phenoxy) is 1. The van der Waals surface area contributed by atoms with Crippen molar-refractivity contribution < 1.29 is 9.53 Å². The van der Waals surface area contributed by atoms with E-state index in [9.17, 15) is 4.79 Å². The summed E-state index contributed by atoms with van der Waals surface area (Å²) < 4.78 is 6.19. The van der Waals surface area contributed by atoms with Gasteiger partial charge in [-0.2, -0.15) is 0 Å². The van der Waals surface area contributed by atoms with E-state index in [0.717, 1.165) is 43.4 Å². The summed E-state index contributed by atoms with van der Waals surface area (Å²) in [6.07, 6.45) is 32.3. The van der Waals surface area contributed by atoms with Crippen LogP contribution in [0.15, 0.2) is 24.4 Å². The zero-order valence-corrected chi connectivity index (χ0v) is 22.4. The molecule has 1 aliphatic heterocycles. The number of unbranched alkanes of at least 4 members (excludes halogenated alkanes) is 7. The van der Waals surface area contributed by atoms with Gasteiger partial charge in [-0.15, -0.1) is 0 Å². The second-order valence-corrected chi connectivity index (χ2v) is 11.6. The fourth-order valence-electron chi connectivity index (χ4n) is 6.66. The van der Waals surface area contributed by atoms with Crippen molar-refractivity contribution in [1.29, 1.82) is 0 Å². The second kappa shape index (κ2) is 15.0. The lowest BCUT2D eigenvalue weighted by Crippen LogP contribution is -2.47. The molecule has 0 amide bonds. The van der Waals surface area contributed by atoms with Gasteiger partial charge in [-0.1, -0.05) is 90.6 Å². The van der Waals surface area contributed by atoms with Crippen molar-refractivity contribution in [1.82, 2.24) is 5.32 Å². The molecule has 2 fully saturated rings. The summed E-state index contributed by atoms with van der Waals surface area (Å²) in [5, 5.41) is 3.37. The standard InChI is InChI=1S/C31H53NO2/c1-3-5-7-9-11-23-31(24-12-13-25-32-31)34-30(33)29-21-19-28(20-22-29)27-17-15-26(16-18-27)14-10-8-6-4-2/h12-13,24-29,32H,3-11,14-23H2,1-2H3. The lowest BCUT2D eigenvalue weighted by molar-refractivity contribution is -0.164. The van der Waals surface area contributed by atoms with Crippen LogP contribution in [0.5, 0.6) is 0 Å². The molecule has 0 spiro atoms. The Morgan fingerprint density at radius 1 is 0.794 bits per heavy atom. The molecule has 1 unspecified atom stereocenters. The van der Waals surface area contributed by atoms with Crippen molar-refractivity contribution in [3.05, 3.63) is 24.4 Å². The number of hydrogen-bond donors (Lipinski definition) is 1. The summed E-state index contributed by atoms with van der Waals surface area (Å²) in [5.41, 5.74) is -0.635. The Labute approximate surface area is 210 Å². The molecule has 0 radical (unpaired) electrons. The van der Waals surface area contributed by atoms with Gasteiger partial charge in [-0.05, 0) is 74.9 Å². The molecule has 3 rings (SSSR count). The van der Waals surface area contributed by atoms with Crippen molar-refractivity contribution in [3.8, 4) is 0 Å². The molecule has 3 aliphatic rings. The average Bonchev–Trinajstić information content (AvgIpc) is 2.87. The fraction of sp³-hybridized carbons (Fsp3) is 0.839. The molecule has 0 saturated heterocycles. The quantitative estimate of drug-likeness (QED) is 0.203. The number of allylic oxidation sites excluding steroid dienone is 2. The molecule has 1 heterocycles. The number of rotatable bonds is 14. The van der Waals surface area contributed by atoms with E-state index in [0.29, 0.717) is 0 Å². The third kappa shape index (κ3) is 8.76. The first-order valence-electron chi connectivity index (χ1n) is 15.0. The highest BCUT2D eigenvalue weighted by atomic mass is 16.6. The molecule has 1 atom stereocenters. The van der Waals surface area contributed by atoms with Gasteiger partial charge in [0.15, 0.2) is 0 Å². The van der Waals surface area contributed by atoms with Crippen molar-refractivity contribution in [2.75, 3.05) is 0 Å². The molecular weight excluding hydrogens is 418 g/mol. The first kappa shape index (κ1) is 27.3. The Bertz CT molecular complexity index is 625. The SMILES string of the molecule is CCCCCCCC1(OC(=O)C2CCC(C3CCC(CCCCCC)CC3)CC2)C=CC=CN1. The third-order valence-corrected chi connectivity index (χ3v) is 8.96. The lowest BCUT2D eigenvalue weighted by atomic mass is 9.68. The van der Waals surface area contributed by atoms with Gasteiger partial charge in [-0.3, -0.25) is 4.79 Å². The molecule has 1 N–H and O–H groups in total. The van der Waals surface area contributed by atoms with Crippen LogP contribution in [0.1, 0.15) is 136 Å². The van der Waals surface area contributed by atoms with Crippen molar-refractivity contribution in [3.63, 3.8) is 0 Å². The van der Waals surface area contributed by atoms with Crippen molar-refractivity contribution >= 4 is 5.97 Å². The van der Waals surface area contributed by atoms with Gasteiger partial charge < -0.3 is 10.1 Å². The van der Waals surface area contributed by atoms with Crippen LogP contribution in [0.2, 0.25) is 0 Å². The van der Waals surface area contributed by atoms with E-state index in [1.807, 2.05) is 18.4 Å². The Morgan fingerprint density at radius 3 is 2.03 bits per heavy atom. The zero-order valence-electron chi connectivity index (χ0n) is 22.4. The third-order valence-electron chi connectivity index (χ3n) is 8.96. The molecule has 194 valence electrons. The van der Waals surface area contributed by atoms with Crippen LogP contribution in [-0.4, -0.2) is 11.7 Å². The summed E-state index contributed by atoms with van der Waals surface area (Å²) >= 11 is 0. The number of carbonyl (C=O) groups excluding carboxylic acids is 1. The maximum absolute atomic E-state index is 13.2. The van der Waals surface area contributed by atoms with E-state index in [2.05, 4.69) is 25.2 Å². The normalized spacial score (nSPS) is 31.2. The van der Waals surface area contributed by atoms with Crippen LogP contribution in [0, 0.1) is 23.7 Å². The van der Waals surface area contributed by atoms with Crippen LogP contribution in [0.4, 0.5) is 0 Å². The number of esters is 1. The summed E-state index contributed by atoms with van der Waals surface area (Å²) in [6, 6.07) is 0. The molecular formula is C31H53NO2. The minimum absolute atomic E-state index is 0.0234. The molecule has 0 bridgehead atoms. The molecule has 3 heteroatoms. The predicted molar refractivity (Wildman–Crippen MR) is 143 cm³/mol. The van der Waals surface area contributed by atoms with E-state index in [4.69, 9.17) is 4.74 Å². The highest BCUT2D eigenvalue weighted by Crippen LogP contribution is 2.43. The first-order valence-corrected chi connectivity index (χ1v) is 15.0. The summed E-state index contributed by atoms with van der Waals surface area (Å²) in [4.78, 5) is 13.2. The van der Waals surface area contributed by atoms with Gasteiger partial charge in [0.2, 0.25) is 5.72 Å². The topological polar surface area (TPSA) is 38.3 Å². The maximum Gasteiger partial charge on any atom is 0.311 e. The highest BCUT2D eigenvalue weighted by molar-refractivity contribution is 5.73. The van der Waals surface area contributed by atoms with Crippen LogP contribution in [-0.2, 0) is 9.53 Å². The van der Waals surface area contributed by atoms with Gasteiger partial charge >= 0.3 is 5.97 Å². The summed E-state index contributed by atoms with van der Waals surface area (Å²) in [5.74, 6) is 2.85. The number of hydrogen-bond acceptors (Lipinski definition) is 3. The van der Waals surface area contributed by atoms with Crippen LogP contribution in [0.25, 0.3) is 0 Å². The van der Waals surface area contributed by atoms with E-state index >= 15 is 0 Å². The van der Waals surface area contributed by atoms with Crippen LogP contribution in [0.3, 0.4) is 0 Å². The van der Waals surface area contributed by atoms with Crippen LogP contribution < -0.4 is 5.32 Å². The van der Waals surface area contributed by atoms with Gasteiger partial charge in [0, 0.05) is 12.6 Å². The number of nitrogens with one attached hydrogen (secondary N) is 1. The van der Waals surface area contributed by atoms with Gasteiger partial charge in [0.25, 0.3) is 0 Å². The van der Waals surface area contributed by atoms with Crippen molar-refractivity contribution in [2.45, 2.75) is 142 Å². The molecule has 3 nitrogen and oxygen atoms in total. The van der Waals surface area contributed by atoms with E-state index < -0.39 is 5.72 Å². The molecule has 34 heavy (non-hydrogen) atoms.